The Morgan fingerprint density at radius 2 is 2.00 bits per heavy atom. The van der Waals surface area contributed by atoms with E-state index in [0.29, 0.717) is 11.8 Å². The Bertz CT molecular complexity index is 815. The molecule has 1 saturated heterocycles. The van der Waals surface area contributed by atoms with Gasteiger partial charge < -0.3 is 14.2 Å². The van der Waals surface area contributed by atoms with E-state index in [1.165, 1.54) is 19.6 Å². The van der Waals surface area contributed by atoms with Crippen LogP contribution in [-0.4, -0.2) is 53.1 Å². The molecule has 1 N–H and O–H groups in total. The summed E-state index contributed by atoms with van der Waals surface area (Å²) in [4.78, 5) is 18.5. The molecule has 1 fully saturated rings. The maximum absolute atomic E-state index is 12.2. The minimum atomic E-state index is -3.73. The normalized spacial score (nSPS) is 15.0. The highest BCUT2D eigenvalue weighted by molar-refractivity contribution is 7.89. The fourth-order valence-electron chi connectivity index (χ4n) is 2.38. The Balaban J connectivity index is 1.78. The second kappa shape index (κ2) is 6.69. The van der Waals surface area contributed by atoms with Crippen LogP contribution in [0.4, 0.5) is 5.95 Å². The number of aryl methyl sites for hydroxylation is 1. The molecule has 0 spiro atoms. The number of ether oxygens (including phenoxy) is 1. The van der Waals surface area contributed by atoms with Gasteiger partial charge in [-0.3, -0.25) is 0 Å². The smallest absolute Gasteiger partial charge is 0.321 e. The number of rotatable bonds is 6. The van der Waals surface area contributed by atoms with Crippen molar-refractivity contribution in [1.82, 2.24) is 29.2 Å². The van der Waals surface area contributed by atoms with Crippen molar-refractivity contribution in [3.63, 3.8) is 0 Å². The van der Waals surface area contributed by atoms with Crippen LogP contribution in [-0.2, 0) is 23.6 Å². The summed E-state index contributed by atoms with van der Waals surface area (Å²) in [6.45, 7) is 1.66. The first-order valence-electron chi connectivity index (χ1n) is 7.49. The molecule has 1 aliphatic rings. The van der Waals surface area contributed by atoms with E-state index in [2.05, 4.69) is 24.7 Å². The molecule has 24 heavy (non-hydrogen) atoms. The first kappa shape index (κ1) is 16.6. The molecule has 0 atom stereocenters. The second-order valence-corrected chi connectivity index (χ2v) is 7.15. The number of nitrogens with zero attached hydrogens (tertiary/aromatic N) is 6. The van der Waals surface area contributed by atoms with Crippen molar-refractivity contribution in [2.45, 2.75) is 24.4 Å². The molecule has 11 heteroatoms. The van der Waals surface area contributed by atoms with Crippen molar-refractivity contribution in [3.8, 4) is 6.01 Å². The predicted molar refractivity (Wildman–Crippen MR) is 85.1 cm³/mol. The Kier molecular flexibility index (Phi) is 4.62. The van der Waals surface area contributed by atoms with E-state index in [0.717, 1.165) is 25.9 Å². The highest BCUT2D eigenvalue weighted by Gasteiger charge is 2.20. The van der Waals surface area contributed by atoms with Crippen LogP contribution >= 0.6 is 0 Å². The Labute approximate surface area is 140 Å². The third-order valence-corrected chi connectivity index (χ3v) is 4.88. The minimum Gasteiger partial charge on any atom is -0.467 e. The summed E-state index contributed by atoms with van der Waals surface area (Å²) in [6.07, 6.45) is 5.00. The van der Waals surface area contributed by atoms with Crippen LogP contribution in [0.2, 0.25) is 0 Å². The van der Waals surface area contributed by atoms with Gasteiger partial charge in [0.15, 0.2) is 10.9 Å². The lowest BCUT2D eigenvalue weighted by atomic mass is 10.4. The Morgan fingerprint density at radius 3 is 2.62 bits per heavy atom. The second-order valence-electron chi connectivity index (χ2n) is 5.43. The standard InChI is InChI=1S/C13H19N7O3S/c1-19-8-11(14-9-19)24(21,22)15-7-10-16-12(18-13(17-10)23-2)20-5-3-4-6-20/h8-9,15H,3-7H2,1-2H3. The van der Waals surface area contributed by atoms with Gasteiger partial charge in [0.05, 0.1) is 20.0 Å². The molecule has 3 rings (SSSR count). The average Bonchev–Trinajstić information content (AvgIpc) is 3.24. The van der Waals surface area contributed by atoms with Gasteiger partial charge in [-0.2, -0.15) is 15.0 Å². The van der Waals surface area contributed by atoms with E-state index in [1.807, 2.05) is 4.90 Å². The topological polar surface area (TPSA) is 115 Å². The fourth-order valence-corrected chi connectivity index (χ4v) is 3.33. The largest absolute Gasteiger partial charge is 0.467 e. The van der Waals surface area contributed by atoms with Crippen LogP contribution in [0.15, 0.2) is 17.6 Å². The van der Waals surface area contributed by atoms with Crippen LogP contribution in [0.3, 0.4) is 0 Å². The molecular weight excluding hydrogens is 334 g/mol. The number of hydrogen-bond donors (Lipinski definition) is 1. The van der Waals surface area contributed by atoms with Gasteiger partial charge in [0.25, 0.3) is 10.0 Å². The Hall–Kier alpha value is -2.27. The highest BCUT2D eigenvalue weighted by Crippen LogP contribution is 2.18. The van der Waals surface area contributed by atoms with Gasteiger partial charge in [-0.1, -0.05) is 0 Å². The molecule has 3 heterocycles. The molecule has 2 aromatic heterocycles. The molecule has 1 aliphatic heterocycles. The Morgan fingerprint density at radius 1 is 1.25 bits per heavy atom. The van der Waals surface area contributed by atoms with Crippen molar-refractivity contribution in [3.05, 3.63) is 18.3 Å². The lowest BCUT2D eigenvalue weighted by Gasteiger charge is -2.16. The van der Waals surface area contributed by atoms with Crippen molar-refractivity contribution >= 4 is 16.0 Å². The van der Waals surface area contributed by atoms with Crippen LogP contribution in [0.1, 0.15) is 18.7 Å². The molecule has 0 radical (unpaired) electrons. The maximum atomic E-state index is 12.2. The van der Waals surface area contributed by atoms with Crippen LogP contribution in [0.25, 0.3) is 0 Å². The summed E-state index contributed by atoms with van der Waals surface area (Å²) in [5, 5.41) is -0.0502. The molecule has 10 nitrogen and oxygen atoms in total. The third-order valence-electron chi connectivity index (χ3n) is 3.60. The zero-order valence-corrected chi connectivity index (χ0v) is 14.3. The first-order valence-corrected chi connectivity index (χ1v) is 8.98. The number of hydrogen-bond acceptors (Lipinski definition) is 8. The molecule has 0 aromatic carbocycles. The number of nitrogens with one attached hydrogen (secondary N) is 1. The summed E-state index contributed by atoms with van der Waals surface area (Å²) < 4.78 is 33.5. The molecular formula is C13H19N7O3S. The van der Waals surface area contributed by atoms with Gasteiger partial charge in [0, 0.05) is 26.3 Å². The SMILES string of the molecule is COc1nc(CNS(=O)(=O)c2cn(C)cn2)nc(N2CCCC2)n1. The van der Waals surface area contributed by atoms with Crippen LogP contribution in [0.5, 0.6) is 6.01 Å². The van der Waals surface area contributed by atoms with Crippen molar-refractivity contribution in [2.75, 3.05) is 25.1 Å². The molecule has 0 aliphatic carbocycles. The van der Waals surface area contributed by atoms with Crippen molar-refractivity contribution < 1.29 is 13.2 Å². The van der Waals surface area contributed by atoms with Crippen molar-refractivity contribution in [1.29, 1.82) is 0 Å². The number of anilines is 1. The summed E-state index contributed by atoms with van der Waals surface area (Å²) in [5.74, 6) is 0.801. The lowest BCUT2D eigenvalue weighted by Crippen LogP contribution is -2.26. The summed E-state index contributed by atoms with van der Waals surface area (Å²) in [5.41, 5.74) is 0. The molecule has 0 saturated carbocycles. The number of methoxy groups -OCH3 is 1. The van der Waals surface area contributed by atoms with E-state index in [-0.39, 0.29) is 17.6 Å². The zero-order chi connectivity index (χ0) is 17.2. The van der Waals surface area contributed by atoms with Gasteiger partial charge in [-0.15, -0.1) is 0 Å². The van der Waals surface area contributed by atoms with Crippen LogP contribution in [0, 0.1) is 0 Å². The maximum Gasteiger partial charge on any atom is 0.321 e. The lowest BCUT2D eigenvalue weighted by molar-refractivity contribution is 0.375. The predicted octanol–water partition coefficient (Wildman–Crippen LogP) is -0.308. The van der Waals surface area contributed by atoms with E-state index >= 15 is 0 Å². The van der Waals surface area contributed by atoms with Gasteiger partial charge in [0.2, 0.25) is 5.95 Å². The van der Waals surface area contributed by atoms with Gasteiger partial charge in [-0.05, 0) is 12.8 Å². The molecule has 0 unspecified atom stereocenters. The first-order chi connectivity index (χ1) is 11.5. The fraction of sp³-hybridized carbons (Fsp3) is 0.538. The summed E-state index contributed by atoms with van der Waals surface area (Å²) in [6, 6.07) is 0.166. The van der Waals surface area contributed by atoms with Gasteiger partial charge in [-0.25, -0.2) is 18.1 Å². The van der Waals surface area contributed by atoms with Gasteiger partial charge in [0.1, 0.15) is 0 Å². The number of imidazole rings is 1. The van der Waals surface area contributed by atoms with Gasteiger partial charge >= 0.3 is 6.01 Å². The molecule has 0 bridgehead atoms. The highest BCUT2D eigenvalue weighted by atomic mass is 32.2. The van der Waals surface area contributed by atoms with Crippen molar-refractivity contribution in [2.24, 2.45) is 7.05 Å². The number of sulfonamides is 1. The number of aromatic nitrogens is 5. The molecule has 130 valence electrons. The zero-order valence-electron chi connectivity index (χ0n) is 13.5. The molecule has 2 aromatic rings. The van der Waals surface area contributed by atoms with Crippen LogP contribution < -0.4 is 14.4 Å². The summed E-state index contributed by atoms with van der Waals surface area (Å²) in [7, 11) is -0.563. The average molecular weight is 353 g/mol. The monoisotopic (exact) mass is 353 g/mol. The minimum absolute atomic E-state index is 0.0502. The quantitative estimate of drug-likeness (QED) is 0.752. The van der Waals surface area contributed by atoms with E-state index in [9.17, 15) is 8.42 Å². The van der Waals surface area contributed by atoms with E-state index < -0.39 is 10.0 Å². The summed E-state index contributed by atoms with van der Waals surface area (Å²) >= 11 is 0. The third kappa shape index (κ3) is 3.62. The van der Waals surface area contributed by atoms with E-state index in [1.54, 1.807) is 11.6 Å². The van der Waals surface area contributed by atoms with E-state index in [4.69, 9.17) is 4.74 Å². The molecule has 0 amide bonds.